The molecular formula is C7H13N3O3S. The summed E-state index contributed by atoms with van der Waals surface area (Å²) in [4.78, 5) is 14.0. The minimum atomic E-state index is -0.472. The van der Waals surface area contributed by atoms with Crippen molar-refractivity contribution < 1.29 is 9.07 Å². The third-order valence-corrected chi connectivity index (χ3v) is 2.58. The van der Waals surface area contributed by atoms with Gasteiger partial charge in [-0.1, -0.05) is 0 Å². The number of aliphatic imine (C=N–C) groups is 1. The Morgan fingerprint density at radius 1 is 1.86 bits per heavy atom. The van der Waals surface area contributed by atoms with E-state index in [9.17, 15) is 10.1 Å². The minimum absolute atomic E-state index is 0.349. The summed E-state index contributed by atoms with van der Waals surface area (Å²) < 4.78 is 4.71. The SMILES string of the molecule is CN=C(NC[C@@H]1CCOC1)S[N+](=O)[O-]. The first-order valence-electron chi connectivity index (χ1n) is 4.33. The third kappa shape index (κ3) is 3.93. The molecule has 1 aliphatic rings. The molecule has 0 amide bonds. The van der Waals surface area contributed by atoms with Crippen LogP contribution >= 0.6 is 11.9 Å². The van der Waals surface area contributed by atoms with E-state index in [1.54, 1.807) is 0 Å². The van der Waals surface area contributed by atoms with E-state index in [0.717, 1.165) is 19.6 Å². The zero-order valence-corrected chi connectivity index (χ0v) is 8.75. The zero-order chi connectivity index (χ0) is 10.4. The summed E-state index contributed by atoms with van der Waals surface area (Å²) in [7, 11) is 1.53. The molecule has 14 heavy (non-hydrogen) atoms. The van der Waals surface area contributed by atoms with Gasteiger partial charge in [0.1, 0.15) is 4.33 Å². The van der Waals surface area contributed by atoms with E-state index in [4.69, 9.17) is 4.74 Å². The highest BCUT2D eigenvalue weighted by Gasteiger charge is 2.17. The fourth-order valence-electron chi connectivity index (χ4n) is 1.20. The molecule has 1 atom stereocenters. The molecule has 0 radical (unpaired) electrons. The zero-order valence-electron chi connectivity index (χ0n) is 7.93. The van der Waals surface area contributed by atoms with Gasteiger partial charge in [0.2, 0.25) is 5.17 Å². The van der Waals surface area contributed by atoms with Crippen molar-refractivity contribution in [3.05, 3.63) is 10.1 Å². The van der Waals surface area contributed by atoms with Crippen LogP contribution in [0.2, 0.25) is 0 Å². The van der Waals surface area contributed by atoms with Crippen molar-refractivity contribution in [1.29, 1.82) is 0 Å². The van der Waals surface area contributed by atoms with Gasteiger partial charge in [-0.2, -0.15) is 0 Å². The van der Waals surface area contributed by atoms with Crippen molar-refractivity contribution in [3.8, 4) is 0 Å². The Bertz CT molecular complexity index is 228. The van der Waals surface area contributed by atoms with Crippen LogP contribution in [0.15, 0.2) is 4.99 Å². The summed E-state index contributed by atoms with van der Waals surface area (Å²) in [5.74, 6) is 0.444. The van der Waals surface area contributed by atoms with Gasteiger partial charge in [0.15, 0.2) is 0 Å². The van der Waals surface area contributed by atoms with E-state index < -0.39 is 4.33 Å². The molecule has 1 heterocycles. The van der Waals surface area contributed by atoms with E-state index in [1.165, 1.54) is 7.05 Å². The second-order valence-electron chi connectivity index (χ2n) is 2.95. The number of hydrogen-bond donors (Lipinski definition) is 1. The van der Waals surface area contributed by atoms with Gasteiger partial charge in [0, 0.05) is 26.1 Å². The van der Waals surface area contributed by atoms with E-state index in [1.807, 2.05) is 0 Å². The highest BCUT2D eigenvalue weighted by molar-refractivity contribution is 8.08. The Morgan fingerprint density at radius 2 is 2.64 bits per heavy atom. The predicted molar refractivity (Wildman–Crippen MR) is 54.9 cm³/mol. The molecule has 0 aliphatic carbocycles. The van der Waals surface area contributed by atoms with E-state index >= 15 is 0 Å². The summed E-state index contributed by atoms with van der Waals surface area (Å²) in [6, 6.07) is 0. The lowest BCUT2D eigenvalue weighted by Crippen LogP contribution is -2.28. The van der Waals surface area contributed by atoms with Gasteiger partial charge >= 0.3 is 11.9 Å². The molecule has 0 aromatic heterocycles. The molecule has 0 saturated carbocycles. The van der Waals surface area contributed by atoms with Gasteiger partial charge in [-0.25, -0.2) is 0 Å². The molecule has 1 fully saturated rings. The van der Waals surface area contributed by atoms with Gasteiger partial charge < -0.3 is 10.1 Å². The number of amidine groups is 1. The van der Waals surface area contributed by atoms with Gasteiger partial charge in [-0.3, -0.25) is 15.1 Å². The maximum Gasteiger partial charge on any atom is 0.304 e. The molecule has 1 rings (SSSR count). The predicted octanol–water partition coefficient (Wildman–Crippen LogP) is 0.523. The Labute approximate surface area is 86.4 Å². The topological polar surface area (TPSA) is 76.8 Å². The third-order valence-electron chi connectivity index (χ3n) is 1.93. The molecular weight excluding hydrogens is 206 g/mol. The summed E-state index contributed by atoms with van der Waals surface area (Å²) in [6.45, 7) is 2.20. The molecule has 0 aromatic rings. The molecule has 1 saturated heterocycles. The molecule has 6 nitrogen and oxygen atoms in total. The largest absolute Gasteiger partial charge is 0.381 e. The maximum absolute atomic E-state index is 10.2. The number of hydrogen-bond acceptors (Lipinski definition) is 5. The fraction of sp³-hybridized carbons (Fsp3) is 0.857. The average molecular weight is 219 g/mol. The molecule has 7 heteroatoms. The second kappa shape index (κ2) is 5.82. The molecule has 1 aliphatic heterocycles. The number of rotatable bonds is 3. The first-order valence-corrected chi connectivity index (χ1v) is 5.10. The second-order valence-corrected chi connectivity index (χ2v) is 3.82. The monoisotopic (exact) mass is 219 g/mol. The van der Waals surface area contributed by atoms with Gasteiger partial charge in [-0.05, 0) is 6.42 Å². The number of nitrogens with one attached hydrogen (secondary N) is 1. The number of nitro groups is 1. The van der Waals surface area contributed by atoms with Crippen molar-refractivity contribution in [2.45, 2.75) is 6.42 Å². The van der Waals surface area contributed by atoms with Crippen LogP contribution < -0.4 is 5.32 Å². The maximum atomic E-state index is 10.2. The summed E-state index contributed by atoms with van der Waals surface area (Å²) >= 11 is 0.503. The molecule has 1 N–H and O–H groups in total. The summed E-state index contributed by atoms with van der Waals surface area (Å²) in [5.41, 5.74) is 0. The van der Waals surface area contributed by atoms with Crippen LogP contribution in [0.1, 0.15) is 6.42 Å². The van der Waals surface area contributed by atoms with Crippen molar-refractivity contribution in [2.24, 2.45) is 10.9 Å². The quantitative estimate of drug-likeness (QED) is 0.246. The van der Waals surface area contributed by atoms with Crippen LogP contribution in [0.4, 0.5) is 0 Å². The van der Waals surface area contributed by atoms with Crippen molar-refractivity contribution in [2.75, 3.05) is 26.8 Å². The minimum Gasteiger partial charge on any atom is -0.381 e. The summed E-state index contributed by atoms with van der Waals surface area (Å²) in [5, 5.41) is 13.5. The van der Waals surface area contributed by atoms with E-state index in [2.05, 4.69) is 10.3 Å². The first kappa shape index (κ1) is 11.3. The smallest absolute Gasteiger partial charge is 0.304 e. The van der Waals surface area contributed by atoms with Crippen LogP contribution in [0.3, 0.4) is 0 Å². The van der Waals surface area contributed by atoms with Crippen LogP contribution in [0, 0.1) is 16.0 Å². The van der Waals surface area contributed by atoms with Gasteiger partial charge in [-0.15, -0.1) is 0 Å². The van der Waals surface area contributed by atoms with Crippen LogP contribution in [-0.4, -0.2) is 36.3 Å². The lowest BCUT2D eigenvalue weighted by molar-refractivity contribution is -0.281. The first-order chi connectivity index (χ1) is 6.72. The van der Waals surface area contributed by atoms with Crippen LogP contribution in [0.25, 0.3) is 0 Å². The molecule has 0 aromatic carbocycles. The Morgan fingerprint density at radius 3 is 3.14 bits per heavy atom. The highest BCUT2D eigenvalue weighted by Crippen LogP contribution is 2.11. The van der Waals surface area contributed by atoms with Crippen molar-refractivity contribution in [1.82, 2.24) is 5.32 Å². The number of nitrogens with zero attached hydrogens (tertiary/aromatic N) is 2. The average Bonchev–Trinajstić information content (AvgIpc) is 2.64. The van der Waals surface area contributed by atoms with Crippen LogP contribution in [-0.2, 0) is 4.74 Å². The number of ether oxygens (including phenoxy) is 1. The normalized spacial score (nSPS) is 22.4. The Hall–Kier alpha value is -0.820. The lowest BCUT2D eigenvalue weighted by Gasteiger charge is -2.08. The molecule has 0 bridgehead atoms. The Balaban J connectivity index is 2.23. The molecule has 0 unspecified atom stereocenters. The van der Waals surface area contributed by atoms with Crippen molar-refractivity contribution in [3.63, 3.8) is 0 Å². The van der Waals surface area contributed by atoms with E-state index in [-0.39, 0.29) is 0 Å². The van der Waals surface area contributed by atoms with Gasteiger partial charge in [0.25, 0.3) is 0 Å². The lowest BCUT2D eigenvalue weighted by atomic mass is 10.1. The summed E-state index contributed by atoms with van der Waals surface area (Å²) in [6.07, 6.45) is 1.01. The standard InChI is InChI=1S/C7H13N3O3S/c1-8-7(14-10(11)12)9-4-6-2-3-13-5-6/h6H,2-5H2,1H3,(H,8,9)/t6-/m0/s1. The van der Waals surface area contributed by atoms with Gasteiger partial charge in [0.05, 0.1) is 6.61 Å². The highest BCUT2D eigenvalue weighted by atomic mass is 32.2. The van der Waals surface area contributed by atoms with Crippen molar-refractivity contribution >= 4 is 17.1 Å². The van der Waals surface area contributed by atoms with Crippen LogP contribution in [0.5, 0.6) is 0 Å². The fourth-order valence-corrected chi connectivity index (χ4v) is 1.57. The Kier molecular flexibility index (Phi) is 4.68. The molecule has 0 spiro atoms. The molecule has 80 valence electrons. The van der Waals surface area contributed by atoms with E-state index in [0.29, 0.717) is 29.6 Å².